The molecule has 0 spiro atoms. The van der Waals surface area contributed by atoms with E-state index < -0.39 is 0 Å². The largest absolute Gasteiger partial charge is 0.329 e. The zero-order chi connectivity index (χ0) is 7.98. The Balaban J connectivity index is 3.40. The van der Waals surface area contributed by atoms with Crippen molar-refractivity contribution in [3.8, 4) is 0 Å². The van der Waals surface area contributed by atoms with Gasteiger partial charge in [0.25, 0.3) is 0 Å². The van der Waals surface area contributed by atoms with Gasteiger partial charge in [-0.15, -0.1) is 0 Å². The number of hydrogen-bond donors (Lipinski definition) is 2. The summed E-state index contributed by atoms with van der Waals surface area (Å²) in [5.41, 5.74) is 8.49. The van der Waals surface area contributed by atoms with Crippen LogP contribution in [0.15, 0.2) is 0 Å². The zero-order valence-electron chi connectivity index (χ0n) is 6.93. The van der Waals surface area contributed by atoms with Gasteiger partial charge in [0.15, 0.2) is 0 Å². The number of hydrogen-bond acceptors (Lipinski definition) is 3. The van der Waals surface area contributed by atoms with Crippen molar-refractivity contribution in [1.82, 2.24) is 10.4 Å². The van der Waals surface area contributed by atoms with E-state index in [1.807, 2.05) is 6.92 Å². The molecule has 0 heterocycles. The highest BCUT2D eigenvalue weighted by Gasteiger charge is 2.03. The van der Waals surface area contributed by atoms with Gasteiger partial charge in [-0.05, 0) is 13.8 Å². The monoisotopic (exact) mass is 144 g/mol. The van der Waals surface area contributed by atoms with E-state index >= 15 is 0 Å². The molecule has 1 radical (unpaired) electrons. The molecule has 3 heteroatoms. The molecule has 61 valence electrons. The summed E-state index contributed by atoms with van der Waals surface area (Å²) in [4.78, 5) is 0. The van der Waals surface area contributed by atoms with E-state index in [1.54, 1.807) is 0 Å². The van der Waals surface area contributed by atoms with Crippen LogP contribution in [0.1, 0.15) is 13.8 Å². The van der Waals surface area contributed by atoms with E-state index in [9.17, 15) is 0 Å². The molecule has 0 aliphatic carbocycles. The van der Waals surface area contributed by atoms with Gasteiger partial charge in [-0.25, -0.2) is 5.01 Å². The standard InChI is InChI=1S/C7H18N3/c1-4-10(7(2)3)9-6-5-8/h7,9H,2,4-6,8H2,1,3H3. The van der Waals surface area contributed by atoms with Crippen LogP contribution in [0.4, 0.5) is 0 Å². The van der Waals surface area contributed by atoms with Gasteiger partial charge in [-0.1, -0.05) is 6.92 Å². The molecule has 0 bridgehead atoms. The van der Waals surface area contributed by atoms with Crippen LogP contribution in [-0.2, 0) is 0 Å². The minimum absolute atomic E-state index is 0.302. The summed E-state index contributed by atoms with van der Waals surface area (Å²) in [6.07, 6.45) is 0. The quantitative estimate of drug-likeness (QED) is 0.533. The molecule has 0 rings (SSSR count). The van der Waals surface area contributed by atoms with Crippen molar-refractivity contribution in [2.24, 2.45) is 5.73 Å². The lowest BCUT2D eigenvalue weighted by atomic mass is 10.4. The first-order valence-electron chi connectivity index (χ1n) is 3.75. The summed E-state index contributed by atoms with van der Waals surface area (Å²) in [6, 6.07) is 0.302. The molecule has 0 aliphatic heterocycles. The lowest BCUT2D eigenvalue weighted by Crippen LogP contribution is -2.44. The molecule has 1 unspecified atom stereocenters. The number of nitrogens with two attached hydrogens (primary N) is 1. The molecule has 0 aromatic heterocycles. The van der Waals surface area contributed by atoms with Gasteiger partial charge < -0.3 is 5.73 Å². The summed E-state index contributed by atoms with van der Waals surface area (Å²) in [6.45, 7) is 10.5. The van der Waals surface area contributed by atoms with Gasteiger partial charge >= 0.3 is 0 Å². The fourth-order valence-corrected chi connectivity index (χ4v) is 0.787. The predicted octanol–water partition coefficient (Wildman–Crippen LogP) is -0.00581. The summed E-state index contributed by atoms with van der Waals surface area (Å²) in [7, 11) is 0. The Morgan fingerprint density at radius 2 is 2.30 bits per heavy atom. The third kappa shape index (κ3) is 3.82. The summed E-state index contributed by atoms with van der Waals surface area (Å²) in [5.74, 6) is 0. The third-order valence-corrected chi connectivity index (χ3v) is 1.33. The Labute approximate surface area is 63.5 Å². The first-order valence-corrected chi connectivity index (χ1v) is 3.75. The van der Waals surface area contributed by atoms with Crippen molar-refractivity contribution in [3.63, 3.8) is 0 Å². The van der Waals surface area contributed by atoms with Crippen molar-refractivity contribution in [3.05, 3.63) is 6.92 Å². The van der Waals surface area contributed by atoms with E-state index in [2.05, 4.69) is 24.3 Å². The van der Waals surface area contributed by atoms with Gasteiger partial charge in [0.2, 0.25) is 0 Å². The maximum absolute atomic E-state index is 5.32. The molecular formula is C7H18N3. The molecule has 0 saturated heterocycles. The second kappa shape index (κ2) is 5.65. The number of rotatable bonds is 5. The normalized spacial score (nSPS) is 11.4. The maximum atomic E-state index is 5.32. The molecule has 10 heavy (non-hydrogen) atoms. The topological polar surface area (TPSA) is 41.3 Å². The van der Waals surface area contributed by atoms with E-state index in [4.69, 9.17) is 5.73 Å². The van der Waals surface area contributed by atoms with Crippen molar-refractivity contribution in [1.29, 1.82) is 0 Å². The summed E-state index contributed by atoms with van der Waals surface area (Å²) < 4.78 is 0. The van der Waals surface area contributed by atoms with E-state index in [0.717, 1.165) is 13.1 Å². The highest BCUT2D eigenvalue weighted by molar-refractivity contribution is 4.63. The van der Waals surface area contributed by atoms with Gasteiger partial charge in [0.1, 0.15) is 0 Å². The maximum Gasteiger partial charge on any atom is 0.0225 e. The Morgan fingerprint density at radius 3 is 2.60 bits per heavy atom. The predicted molar refractivity (Wildman–Crippen MR) is 44.3 cm³/mol. The number of nitrogens with zero attached hydrogens (tertiary/aromatic N) is 1. The fraction of sp³-hybridized carbons (Fsp3) is 0.857. The lowest BCUT2D eigenvalue weighted by Gasteiger charge is -2.24. The molecule has 0 saturated carbocycles. The zero-order valence-corrected chi connectivity index (χ0v) is 6.93. The van der Waals surface area contributed by atoms with Crippen molar-refractivity contribution >= 4 is 0 Å². The first-order chi connectivity index (χ1) is 4.72. The average molecular weight is 144 g/mol. The Kier molecular flexibility index (Phi) is 5.58. The van der Waals surface area contributed by atoms with Crippen LogP contribution in [0, 0.1) is 6.92 Å². The van der Waals surface area contributed by atoms with Gasteiger partial charge in [0.05, 0.1) is 0 Å². The molecule has 0 amide bonds. The first kappa shape index (κ1) is 9.88. The van der Waals surface area contributed by atoms with Crippen molar-refractivity contribution in [2.45, 2.75) is 19.9 Å². The van der Waals surface area contributed by atoms with Crippen LogP contribution < -0.4 is 11.2 Å². The van der Waals surface area contributed by atoms with Crippen LogP contribution in [0.2, 0.25) is 0 Å². The van der Waals surface area contributed by atoms with Crippen LogP contribution >= 0.6 is 0 Å². The van der Waals surface area contributed by atoms with E-state index in [0.29, 0.717) is 12.6 Å². The van der Waals surface area contributed by atoms with E-state index in [-0.39, 0.29) is 0 Å². The van der Waals surface area contributed by atoms with Gasteiger partial charge in [0, 0.05) is 25.7 Å². The number of hydrazine groups is 1. The summed E-state index contributed by atoms with van der Waals surface area (Å²) in [5, 5.41) is 2.06. The average Bonchev–Trinajstić information content (AvgIpc) is 1.89. The lowest BCUT2D eigenvalue weighted by molar-refractivity contribution is 0.170. The number of nitrogens with one attached hydrogen (secondary N) is 1. The second-order valence-corrected chi connectivity index (χ2v) is 2.33. The minimum atomic E-state index is 0.302. The molecular weight excluding hydrogens is 126 g/mol. The smallest absolute Gasteiger partial charge is 0.0225 e. The third-order valence-electron chi connectivity index (χ3n) is 1.33. The van der Waals surface area contributed by atoms with Crippen LogP contribution in [0.5, 0.6) is 0 Å². The molecule has 0 aromatic carbocycles. The highest BCUT2D eigenvalue weighted by Crippen LogP contribution is 1.89. The molecule has 0 aromatic rings. The van der Waals surface area contributed by atoms with Gasteiger partial charge in [-0.2, -0.15) is 0 Å². The Bertz CT molecular complexity index is 73.3. The fourth-order valence-electron chi connectivity index (χ4n) is 0.787. The highest BCUT2D eigenvalue weighted by atomic mass is 15.5. The summed E-state index contributed by atoms with van der Waals surface area (Å²) >= 11 is 0. The van der Waals surface area contributed by atoms with Crippen LogP contribution in [0.25, 0.3) is 0 Å². The molecule has 3 N–H and O–H groups in total. The molecule has 1 atom stereocenters. The Hall–Kier alpha value is -0.120. The van der Waals surface area contributed by atoms with Crippen molar-refractivity contribution < 1.29 is 0 Å². The second-order valence-electron chi connectivity index (χ2n) is 2.33. The minimum Gasteiger partial charge on any atom is -0.329 e. The van der Waals surface area contributed by atoms with Crippen molar-refractivity contribution in [2.75, 3.05) is 19.6 Å². The van der Waals surface area contributed by atoms with Gasteiger partial charge in [-0.3, -0.25) is 5.43 Å². The van der Waals surface area contributed by atoms with Crippen LogP contribution in [-0.4, -0.2) is 30.7 Å². The van der Waals surface area contributed by atoms with Crippen LogP contribution in [0.3, 0.4) is 0 Å². The SMILES string of the molecule is [CH2]C(C)N(CC)NCCN. The molecule has 0 fully saturated rings. The molecule has 3 nitrogen and oxygen atoms in total. The molecule has 0 aliphatic rings. The Morgan fingerprint density at radius 1 is 1.70 bits per heavy atom. The van der Waals surface area contributed by atoms with E-state index in [1.165, 1.54) is 0 Å².